The molecule has 31 heavy (non-hydrogen) atoms. The molecule has 0 saturated carbocycles. The van der Waals surface area contributed by atoms with Crippen molar-refractivity contribution in [1.29, 1.82) is 0 Å². The fourth-order valence-corrected chi connectivity index (χ4v) is 6.05. The van der Waals surface area contributed by atoms with Crippen molar-refractivity contribution >= 4 is 23.6 Å². The van der Waals surface area contributed by atoms with Crippen LogP contribution in [0.4, 0.5) is 5.69 Å². The molecule has 0 spiro atoms. The quantitative estimate of drug-likeness (QED) is 0.641. The summed E-state index contributed by atoms with van der Waals surface area (Å²) in [4.78, 5) is 32.9. The first kappa shape index (κ1) is 20.2. The Bertz CT molecular complexity index is 1130. The number of carbonyl (C=O) groups is 2. The van der Waals surface area contributed by atoms with Gasteiger partial charge < -0.3 is 4.90 Å². The number of ketones is 1. The molecule has 3 aliphatic rings. The van der Waals surface area contributed by atoms with E-state index in [1.807, 2.05) is 43.5 Å². The number of Topliss-reactive ketones (excluding diaryl/α,β-unsaturated/α-hetero) is 1. The summed E-state index contributed by atoms with van der Waals surface area (Å²) in [5, 5.41) is 0. The van der Waals surface area contributed by atoms with Crippen molar-refractivity contribution in [1.82, 2.24) is 4.90 Å². The third kappa shape index (κ3) is 2.77. The van der Waals surface area contributed by atoms with Crippen LogP contribution >= 0.6 is 0 Å². The molecule has 2 aromatic carbocycles. The van der Waals surface area contributed by atoms with Gasteiger partial charge in [0.05, 0.1) is 5.69 Å². The highest BCUT2D eigenvalue weighted by Gasteiger charge is 2.57. The third-order valence-corrected chi connectivity index (χ3v) is 8.40. The van der Waals surface area contributed by atoms with Crippen LogP contribution in [0.3, 0.4) is 0 Å². The summed E-state index contributed by atoms with van der Waals surface area (Å²) in [6.07, 6.45) is 4.83. The fourth-order valence-electron chi connectivity index (χ4n) is 6.05. The third-order valence-electron chi connectivity index (χ3n) is 8.40. The molecule has 2 aromatic rings. The Balaban J connectivity index is 1.57. The molecular weight excluding hydrogens is 384 g/mol. The number of fused-ring (bicyclic) bond motifs is 5. The maximum atomic E-state index is 13.7. The van der Waals surface area contributed by atoms with Crippen LogP contribution in [0.2, 0.25) is 0 Å². The summed E-state index contributed by atoms with van der Waals surface area (Å²) in [6.45, 7) is 9.58. The molecule has 2 atom stereocenters. The zero-order valence-corrected chi connectivity index (χ0v) is 18.9. The van der Waals surface area contributed by atoms with Gasteiger partial charge in [0, 0.05) is 48.2 Å². The van der Waals surface area contributed by atoms with Gasteiger partial charge in [-0.2, -0.15) is 0 Å². The van der Waals surface area contributed by atoms with Gasteiger partial charge in [-0.3, -0.25) is 14.6 Å². The predicted molar refractivity (Wildman–Crippen MR) is 124 cm³/mol. The second-order valence-corrected chi connectivity index (χ2v) is 9.99. The molecule has 5 rings (SSSR count). The Morgan fingerprint density at radius 2 is 1.97 bits per heavy atom. The van der Waals surface area contributed by atoms with Crippen LogP contribution in [-0.2, 0) is 18.3 Å². The normalized spacial score (nSPS) is 25.2. The molecule has 2 heterocycles. The zero-order chi connectivity index (χ0) is 22.0. The minimum atomic E-state index is -0.0956. The fraction of sp³-hybridized carbons (Fsp3) is 0.444. The van der Waals surface area contributed by atoms with Crippen molar-refractivity contribution in [3.05, 3.63) is 64.2 Å². The van der Waals surface area contributed by atoms with Gasteiger partial charge in [0.1, 0.15) is 0 Å². The highest BCUT2D eigenvalue weighted by Crippen LogP contribution is 2.56. The predicted octanol–water partition coefficient (Wildman–Crippen LogP) is 5.29. The van der Waals surface area contributed by atoms with Gasteiger partial charge >= 0.3 is 0 Å². The average molecular weight is 415 g/mol. The lowest BCUT2D eigenvalue weighted by molar-refractivity contribution is -0.0263. The minimum absolute atomic E-state index is 0.0570. The largest absolute Gasteiger partial charge is 0.335 e. The van der Waals surface area contributed by atoms with E-state index in [0.29, 0.717) is 6.42 Å². The number of amides is 1. The number of likely N-dealkylation sites (tertiary alicyclic amines) is 1. The molecule has 160 valence electrons. The van der Waals surface area contributed by atoms with Crippen molar-refractivity contribution in [3.63, 3.8) is 0 Å². The number of hydrogen-bond donors (Lipinski definition) is 0. The first-order chi connectivity index (χ1) is 14.8. The maximum Gasteiger partial charge on any atom is 0.254 e. The lowest BCUT2D eigenvalue weighted by Gasteiger charge is -2.61. The van der Waals surface area contributed by atoms with E-state index in [1.54, 1.807) is 0 Å². The molecule has 4 heteroatoms. The number of benzene rings is 2. The van der Waals surface area contributed by atoms with Crippen LogP contribution in [0.5, 0.6) is 0 Å². The van der Waals surface area contributed by atoms with Gasteiger partial charge in [-0.25, -0.2) is 0 Å². The number of rotatable bonds is 3. The molecular formula is C27H30N2O2. The number of hydrogen-bond acceptors (Lipinski definition) is 3. The summed E-state index contributed by atoms with van der Waals surface area (Å²) < 4.78 is 0. The van der Waals surface area contributed by atoms with Crippen molar-refractivity contribution in [3.8, 4) is 0 Å². The van der Waals surface area contributed by atoms with Crippen molar-refractivity contribution in [2.24, 2.45) is 10.4 Å². The summed E-state index contributed by atoms with van der Waals surface area (Å²) in [7, 11) is 0. The van der Waals surface area contributed by atoms with Crippen molar-refractivity contribution in [2.45, 2.75) is 64.8 Å². The Labute approximate surface area is 184 Å². The Hall–Kier alpha value is -2.75. The molecule has 2 aliphatic heterocycles. The number of piperidine rings is 1. The van der Waals surface area contributed by atoms with E-state index in [9.17, 15) is 9.59 Å². The number of aliphatic imine (C=N–C) groups is 1. The van der Waals surface area contributed by atoms with Crippen LogP contribution in [0.15, 0.2) is 41.4 Å². The smallest absolute Gasteiger partial charge is 0.254 e. The number of nitrogens with zero attached hydrogens (tertiary/aromatic N) is 2. The molecule has 4 nitrogen and oxygen atoms in total. The van der Waals surface area contributed by atoms with Crippen LogP contribution in [-0.4, -0.2) is 35.4 Å². The number of carbonyl (C=O) groups excluding carboxylic acids is 2. The van der Waals surface area contributed by atoms with Gasteiger partial charge in [-0.05, 0) is 53.1 Å². The van der Waals surface area contributed by atoms with Crippen LogP contribution in [0.25, 0.3) is 0 Å². The minimum Gasteiger partial charge on any atom is -0.335 e. The molecule has 0 unspecified atom stereocenters. The standard InChI is InChI=1S/C27H30N2O2/c1-5-23(30)19-7-6-8-21-20(19)16-24-26(2,3)27(21,4)12-14-29(24)25(31)18-9-10-22-17(15-18)11-13-28-22/h6-10,13,15,24H,5,11-12,14,16H2,1-4H3/t24-,27+/m1/s1. The van der Waals surface area contributed by atoms with Crippen molar-refractivity contribution < 1.29 is 9.59 Å². The van der Waals surface area contributed by atoms with E-state index in [0.717, 1.165) is 53.7 Å². The molecule has 0 radical (unpaired) electrons. The summed E-state index contributed by atoms with van der Waals surface area (Å²) >= 11 is 0. The van der Waals surface area contributed by atoms with Gasteiger partial charge in [0.15, 0.2) is 5.78 Å². The first-order valence-electron chi connectivity index (χ1n) is 11.4. The van der Waals surface area contributed by atoms with E-state index in [2.05, 4.69) is 36.7 Å². The summed E-state index contributed by atoms with van der Waals surface area (Å²) in [5.41, 5.74) is 5.97. The van der Waals surface area contributed by atoms with Crippen molar-refractivity contribution in [2.75, 3.05) is 6.54 Å². The molecule has 0 aromatic heterocycles. The average Bonchev–Trinajstić information content (AvgIpc) is 3.23. The van der Waals surface area contributed by atoms with Gasteiger partial charge in [0.25, 0.3) is 5.91 Å². The van der Waals surface area contributed by atoms with E-state index in [-0.39, 0.29) is 28.6 Å². The monoisotopic (exact) mass is 414 g/mol. The van der Waals surface area contributed by atoms with Crippen LogP contribution in [0, 0.1) is 5.41 Å². The molecule has 1 aliphatic carbocycles. The zero-order valence-electron chi connectivity index (χ0n) is 18.9. The SMILES string of the molecule is CCC(=O)c1cccc2c1C[C@H]1N(C(=O)c3ccc4c(c3)CC=N4)CC[C@]2(C)C1(C)C. The molecule has 2 bridgehead atoms. The highest BCUT2D eigenvalue weighted by molar-refractivity contribution is 5.98. The topological polar surface area (TPSA) is 49.7 Å². The van der Waals surface area contributed by atoms with Gasteiger partial charge in [-0.15, -0.1) is 0 Å². The molecule has 0 N–H and O–H groups in total. The molecule has 1 saturated heterocycles. The Morgan fingerprint density at radius 1 is 1.16 bits per heavy atom. The Kier molecular flexibility index (Phi) is 4.47. The van der Waals surface area contributed by atoms with Crippen LogP contribution < -0.4 is 0 Å². The van der Waals surface area contributed by atoms with E-state index in [1.165, 1.54) is 5.56 Å². The molecule has 1 amide bonds. The van der Waals surface area contributed by atoms with E-state index < -0.39 is 0 Å². The van der Waals surface area contributed by atoms with Gasteiger partial charge in [0.2, 0.25) is 0 Å². The van der Waals surface area contributed by atoms with Crippen LogP contribution in [0.1, 0.15) is 77.9 Å². The second-order valence-electron chi connectivity index (χ2n) is 9.99. The summed E-state index contributed by atoms with van der Waals surface area (Å²) in [6, 6.07) is 12.1. The summed E-state index contributed by atoms with van der Waals surface area (Å²) in [5.74, 6) is 0.285. The lowest BCUT2D eigenvalue weighted by Crippen LogP contribution is -2.65. The van der Waals surface area contributed by atoms with Gasteiger partial charge in [-0.1, -0.05) is 45.9 Å². The second kappa shape index (κ2) is 6.88. The maximum absolute atomic E-state index is 13.7. The first-order valence-corrected chi connectivity index (χ1v) is 11.4. The van der Waals surface area contributed by atoms with E-state index in [4.69, 9.17) is 0 Å². The lowest BCUT2D eigenvalue weighted by atomic mass is 9.50. The Morgan fingerprint density at radius 3 is 2.74 bits per heavy atom. The van der Waals surface area contributed by atoms with E-state index >= 15 is 0 Å². The highest BCUT2D eigenvalue weighted by atomic mass is 16.2. The molecule has 1 fully saturated rings.